The number of carbonyl (C=O) groups is 1. The first-order valence-corrected chi connectivity index (χ1v) is 11.2. The van der Waals surface area contributed by atoms with Crippen LogP contribution in [0.4, 0.5) is 5.82 Å². The summed E-state index contributed by atoms with van der Waals surface area (Å²) < 4.78 is 11.3. The first kappa shape index (κ1) is 22.8. The van der Waals surface area contributed by atoms with Crippen LogP contribution in [0.3, 0.4) is 0 Å². The molecule has 2 aliphatic heterocycles. The number of nitrogens with zero attached hydrogens (tertiary/aromatic N) is 3. The van der Waals surface area contributed by atoms with Crippen LogP contribution in [-0.4, -0.2) is 48.3 Å². The fourth-order valence-electron chi connectivity index (χ4n) is 4.77. The van der Waals surface area contributed by atoms with E-state index in [4.69, 9.17) is 9.15 Å². The summed E-state index contributed by atoms with van der Waals surface area (Å²) in [4.78, 5) is 31.7. The van der Waals surface area contributed by atoms with Crippen LogP contribution in [0.1, 0.15) is 49.2 Å². The summed E-state index contributed by atoms with van der Waals surface area (Å²) in [7, 11) is 0. The van der Waals surface area contributed by atoms with Crippen LogP contribution in [0, 0.1) is 18.3 Å². The quantitative estimate of drug-likeness (QED) is 0.706. The number of anilines is 1. The second kappa shape index (κ2) is 9.63. The van der Waals surface area contributed by atoms with E-state index in [2.05, 4.69) is 21.3 Å². The summed E-state index contributed by atoms with van der Waals surface area (Å²) in [6.45, 7) is 3.87. The van der Waals surface area contributed by atoms with Gasteiger partial charge in [-0.15, -0.1) is 0 Å². The Kier molecular flexibility index (Phi) is 6.65. The van der Waals surface area contributed by atoms with Gasteiger partial charge >= 0.3 is 0 Å². The molecule has 0 saturated carbocycles. The van der Waals surface area contributed by atoms with Gasteiger partial charge in [0.25, 0.3) is 0 Å². The van der Waals surface area contributed by atoms with Gasteiger partial charge in [-0.2, -0.15) is 5.26 Å². The molecule has 0 atom stereocenters. The number of rotatable bonds is 5. The third-order valence-electron chi connectivity index (χ3n) is 6.54. The predicted molar refractivity (Wildman–Crippen MR) is 120 cm³/mol. The number of hydrogen-bond donors (Lipinski definition) is 2. The van der Waals surface area contributed by atoms with Gasteiger partial charge in [-0.05, 0) is 44.7 Å². The summed E-state index contributed by atoms with van der Waals surface area (Å²) in [6.07, 6.45) is 4.21. The van der Waals surface area contributed by atoms with Crippen LogP contribution in [0.25, 0.3) is 0 Å². The van der Waals surface area contributed by atoms with Crippen LogP contribution in [-0.2, 0) is 14.9 Å². The first-order valence-electron chi connectivity index (χ1n) is 11.2. The molecule has 0 bridgehead atoms. The van der Waals surface area contributed by atoms with Crippen molar-refractivity contribution in [2.75, 3.05) is 31.2 Å². The highest BCUT2D eigenvalue weighted by atomic mass is 16.5. The molecule has 0 radical (unpaired) electrons. The second-order valence-corrected chi connectivity index (χ2v) is 8.78. The molecule has 9 nitrogen and oxygen atoms in total. The van der Waals surface area contributed by atoms with Crippen molar-refractivity contribution in [3.63, 3.8) is 0 Å². The van der Waals surface area contributed by atoms with Crippen LogP contribution in [0.15, 0.2) is 33.6 Å². The lowest BCUT2D eigenvalue weighted by molar-refractivity contribution is -0.124. The lowest BCUT2D eigenvalue weighted by atomic mass is 9.74. The molecule has 2 saturated heterocycles. The molecule has 0 aliphatic carbocycles. The Hall–Kier alpha value is -3.38. The van der Waals surface area contributed by atoms with E-state index in [0.717, 1.165) is 12.8 Å². The zero-order valence-electron chi connectivity index (χ0n) is 18.7. The van der Waals surface area contributed by atoms with Gasteiger partial charge in [0.15, 0.2) is 5.76 Å². The van der Waals surface area contributed by atoms with Crippen LogP contribution in [0.5, 0.6) is 5.75 Å². The number of ether oxygens (including phenoxy) is 1. The Morgan fingerprint density at radius 2 is 2.09 bits per heavy atom. The average molecular weight is 453 g/mol. The molecule has 0 unspecified atom stereocenters. The Bertz CT molecular complexity index is 1110. The molecule has 2 N–H and O–H groups in total. The largest absolute Gasteiger partial charge is 0.502 e. The maximum Gasteiger partial charge on any atom is 0.227 e. The first-order chi connectivity index (χ1) is 15.9. The number of aromatic hydroxyl groups is 1. The fraction of sp³-hybridized carbons (Fsp3) is 0.500. The molecule has 2 aliphatic rings. The number of nitriles is 1. The van der Waals surface area contributed by atoms with Gasteiger partial charge in [0.05, 0.1) is 5.56 Å². The SMILES string of the molecule is Cc1cc(=O)c(O)c(C2(CC(=O)NC3CCN(c4ncccc4C#N)CC3)CCOCC2)o1. The predicted octanol–water partition coefficient (Wildman–Crippen LogP) is 2.14. The van der Waals surface area contributed by atoms with E-state index < -0.39 is 16.6 Å². The summed E-state index contributed by atoms with van der Waals surface area (Å²) in [5.41, 5.74) is -0.743. The molecule has 4 heterocycles. The minimum Gasteiger partial charge on any atom is -0.502 e. The number of hydrogen-bond acceptors (Lipinski definition) is 8. The van der Waals surface area contributed by atoms with Crippen molar-refractivity contribution in [3.05, 3.63) is 51.7 Å². The van der Waals surface area contributed by atoms with Gasteiger partial charge in [0.1, 0.15) is 17.6 Å². The third kappa shape index (κ3) is 4.86. The zero-order valence-corrected chi connectivity index (χ0v) is 18.7. The Morgan fingerprint density at radius 3 is 2.79 bits per heavy atom. The Labute approximate surface area is 192 Å². The molecular formula is C24H28N4O5. The summed E-state index contributed by atoms with van der Waals surface area (Å²) in [5.74, 6) is 0.690. The highest BCUT2D eigenvalue weighted by molar-refractivity contribution is 5.78. The van der Waals surface area contributed by atoms with Gasteiger partial charge in [-0.3, -0.25) is 9.59 Å². The molecule has 2 aromatic heterocycles. The number of aryl methyl sites for hydroxylation is 1. The molecule has 2 aromatic rings. The number of carbonyl (C=O) groups excluding carboxylic acids is 1. The lowest BCUT2D eigenvalue weighted by Crippen LogP contribution is -2.47. The van der Waals surface area contributed by atoms with E-state index in [0.29, 0.717) is 56.3 Å². The van der Waals surface area contributed by atoms with Crippen molar-refractivity contribution in [1.29, 1.82) is 5.26 Å². The van der Waals surface area contributed by atoms with E-state index in [-0.39, 0.29) is 24.1 Å². The molecule has 0 aromatic carbocycles. The minimum absolute atomic E-state index is 0.00185. The Balaban J connectivity index is 1.43. The van der Waals surface area contributed by atoms with Crippen LogP contribution < -0.4 is 15.6 Å². The molecular weight excluding hydrogens is 424 g/mol. The smallest absolute Gasteiger partial charge is 0.227 e. The highest BCUT2D eigenvalue weighted by Gasteiger charge is 2.42. The van der Waals surface area contributed by atoms with Gasteiger partial charge in [-0.25, -0.2) is 4.98 Å². The standard InChI is InChI=1S/C24H28N4O5/c1-16-13-19(29)21(31)22(33-16)24(6-11-32-12-7-24)14-20(30)27-18-4-9-28(10-5-18)23-17(15-25)3-2-8-26-23/h2-3,8,13,18,31H,4-7,9-12,14H2,1H3,(H,27,30). The number of amides is 1. The van der Waals surface area contributed by atoms with Gasteiger partial charge < -0.3 is 24.5 Å². The minimum atomic E-state index is -0.784. The number of aromatic nitrogens is 1. The van der Waals surface area contributed by atoms with Crippen molar-refractivity contribution in [2.45, 2.75) is 50.5 Å². The van der Waals surface area contributed by atoms with E-state index in [9.17, 15) is 20.0 Å². The topological polar surface area (TPSA) is 129 Å². The van der Waals surface area contributed by atoms with Gasteiger partial charge in [-0.1, -0.05) is 0 Å². The van der Waals surface area contributed by atoms with Gasteiger partial charge in [0.2, 0.25) is 17.1 Å². The lowest BCUT2D eigenvalue weighted by Gasteiger charge is -2.37. The molecule has 33 heavy (non-hydrogen) atoms. The van der Waals surface area contributed by atoms with Crippen molar-refractivity contribution in [2.24, 2.45) is 0 Å². The molecule has 2 fully saturated rings. The van der Waals surface area contributed by atoms with E-state index >= 15 is 0 Å². The number of pyridine rings is 1. The van der Waals surface area contributed by atoms with Gasteiger partial charge in [0, 0.05) is 56.4 Å². The number of nitrogens with one attached hydrogen (secondary N) is 1. The van der Waals surface area contributed by atoms with E-state index in [1.54, 1.807) is 25.3 Å². The molecule has 9 heteroatoms. The fourth-order valence-corrected chi connectivity index (χ4v) is 4.77. The van der Waals surface area contributed by atoms with Crippen LogP contribution in [0.2, 0.25) is 0 Å². The second-order valence-electron chi connectivity index (χ2n) is 8.78. The number of piperidine rings is 1. The van der Waals surface area contributed by atoms with Crippen LogP contribution >= 0.6 is 0 Å². The normalized spacial score (nSPS) is 18.5. The third-order valence-corrected chi connectivity index (χ3v) is 6.54. The molecule has 4 rings (SSSR count). The van der Waals surface area contributed by atoms with Crippen molar-refractivity contribution >= 4 is 11.7 Å². The monoisotopic (exact) mass is 452 g/mol. The summed E-state index contributed by atoms with van der Waals surface area (Å²) in [5, 5.41) is 22.9. The van der Waals surface area contributed by atoms with Crippen molar-refractivity contribution in [3.8, 4) is 11.8 Å². The van der Waals surface area contributed by atoms with Crippen molar-refractivity contribution < 1.29 is 19.1 Å². The summed E-state index contributed by atoms with van der Waals surface area (Å²) in [6, 6.07) is 6.92. The summed E-state index contributed by atoms with van der Waals surface area (Å²) >= 11 is 0. The maximum atomic E-state index is 13.1. The van der Waals surface area contributed by atoms with E-state index in [1.165, 1.54) is 6.07 Å². The van der Waals surface area contributed by atoms with Crippen molar-refractivity contribution in [1.82, 2.24) is 10.3 Å². The zero-order chi connectivity index (χ0) is 23.4. The average Bonchev–Trinajstić information content (AvgIpc) is 2.82. The molecule has 174 valence electrons. The molecule has 0 spiro atoms. The Morgan fingerprint density at radius 1 is 1.36 bits per heavy atom. The molecule has 1 amide bonds. The maximum absolute atomic E-state index is 13.1. The van der Waals surface area contributed by atoms with E-state index in [1.807, 2.05) is 0 Å². The highest BCUT2D eigenvalue weighted by Crippen LogP contribution is 2.41.